The van der Waals surface area contributed by atoms with Crippen molar-refractivity contribution < 1.29 is 13.2 Å². The molecule has 0 unspecified atom stereocenters. The summed E-state index contributed by atoms with van der Waals surface area (Å²) in [5, 5.41) is 0.347. The van der Waals surface area contributed by atoms with Crippen LogP contribution in [0.4, 0.5) is 11.4 Å². The van der Waals surface area contributed by atoms with Gasteiger partial charge >= 0.3 is 0 Å². The second kappa shape index (κ2) is 7.38. The van der Waals surface area contributed by atoms with Crippen LogP contribution in [0.1, 0.15) is 0 Å². The average Bonchev–Trinajstić information content (AvgIpc) is 2.49. The third-order valence-electron chi connectivity index (χ3n) is 2.67. The molecule has 0 spiro atoms. The van der Waals surface area contributed by atoms with E-state index in [0.717, 1.165) is 6.26 Å². The van der Waals surface area contributed by atoms with Gasteiger partial charge in [-0.25, -0.2) is 13.4 Å². The highest BCUT2D eigenvalue weighted by molar-refractivity contribution is 8.13. The Labute approximate surface area is 139 Å². The van der Waals surface area contributed by atoms with E-state index in [4.69, 9.17) is 10.5 Å². The summed E-state index contributed by atoms with van der Waals surface area (Å²) in [6, 6.07) is 14.0. The van der Waals surface area contributed by atoms with Gasteiger partial charge in [0.05, 0.1) is 11.9 Å². The Balaban J connectivity index is 2.40. The molecule has 0 amide bonds. The van der Waals surface area contributed by atoms with Gasteiger partial charge in [0, 0.05) is 0 Å². The van der Waals surface area contributed by atoms with Crippen molar-refractivity contribution in [3.8, 4) is 11.5 Å². The monoisotopic (exact) mass is 351 g/mol. The molecule has 6 nitrogen and oxygen atoms in total. The minimum absolute atomic E-state index is 0.347. The first kappa shape index (κ1) is 17.2. The molecule has 23 heavy (non-hydrogen) atoms. The third-order valence-corrected chi connectivity index (χ3v) is 3.79. The molecule has 2 aromatic rings. The molecule has 0 bridgehead atoms. The molecule has 2 rings (SSSR count). The quantitative estimate of drug-likeness (QED) is 0.637. The molecule has 0 aromatic heterocycles. The molecular formula is C15H17N3O3S2. The smallest absolute Gasteiger partial charge is 0.229 e. The fraction of sp³-hybridized carbons (Fsp3) is 0.133. The lowest BCUT2D eigenvalue weighted by Gasteiger charge is -2.11. The molecule has 0 radical (unpaired) electrons. The van der Waals surface area contributed by atoms with Gasteiger partial charge in [-0.05, 0) is 36.6 Å². The maximum atomic E-state index is 11.4. The zero-order valence-electron chi connectivity index (χ0n) is 12.7. The number of aliphatic imine (C=N–C) groups is 1. The van der Waals surface area contributed by atoms with Gasteiger partial charge in [0.15, 0.2) is 10.9 Å². The van der Waals surface area contributed by atoms with Crippen LogP contribution < -0.4 is 15.2 Å². The Kier molecular flexibility index (Phi) is 5.51. The normalized spacial score (nSPS) is 12.0. The number of rotatable bonds is 5. The maximum absolute atomic E-state index is 11.4. The minimum atomic E-state index is -3.38. The predicted molar refractivity (Wildman–Crippen MR) is 96.2 cm³/mol. The topological polar surface area (TPSA) is 93.8 Å². The van der Waals surface area contributed by atoms with Crippen molar-refractivity contribution >= 4 is 38.3 Å². The zero-order valence-corrected chi connectivity index (χ0v) is 14.3. The summed E-state index contributed by atoms with van der Waals surface area (Å²) in [6.07, 6.45) is 2.88. The van der Waals surface area contributed by atoms with Crippen molar-refractivity contribution in [2.45, 2.75) is 0 Å². The molecular weight excluding hydrogens is 334 g/mol. The van der Waals surface area contributed by atoms with Crippen LogP contribution in [-0.2, 0) is 10.0 Å². The molecule has 3 N–H and O–H groups in total. The number of benzene rings is 2. The Morgan fingerprint density at radius 1 is 1.22 bits per heavy atom. The SMILES string of the molecule is CSC(N)=Nc1cc(NS(C)(=O)=O)ccc1Oc1ccccc1. The standard InChI is InChI=1S/C15H17N3O3S2/c1-22-15(16)17-13-10-11(18-23(2,19)20)8-9-14(13)21-12-6-4-3-5-7-12/h3-10,18H,1-2H3,(H2,16,17). The van der Waals surface area contributed by atoms with Crippen LogP contribution in [0.3, 0.4) is 0 Å². The molecule has 2 aromatic carbocycles. The van der Waals surface area contributed by atoms with E-state index in [0.29, 0.717) is 28.0 Å². The Morgan fingerprint density at radius 3 is 2.52 bits per heavy atom. The van der Waals surface area contributed by atoms with E-state index < -0.39 is 10.0 Å². The van der Waals surface area contributed by atoms with Crippen LogP contribution in [-0.4, -0.2) is 26.1 Å². The highest BCUT2D eigenvalue weighted by Gasteiger charge is 2.09. The molecule has 0 saturated carbocycles. The van der Waals surface area contributed by atoms with Crippen molar-refractivity contribution in [2.75, 3.05) is 17.2 Å². The number of anilines is 1. The van der Waals surface area contributed by atoms with Crippen molar-refractivity contribution in [3.63, 3.8) is 0 Å². The van der Waals surface area contributed by atoms with E-state index in [1.54, 1.807) is 24.5 Å². The third kappa shape index (κ3) is 5.50. The Hall–Kier alpha value is -2.19. The van der Waals surface area contributed by atoms with Gasteiger partial charge < -0.3 is 10.5 Å². The molecule has 0 heterocycles. The minimum Gasteiger partial charge on any atom is -0.455 e. The number of sulfonamides is 1. The Morgan fingerprint density at radius 2 is 1.91 bits per heavy atom. The Bertz CT molecular complexity index is 806. The summed E-state index contributed by atoms with van der Waals surface area (Å²) < 4.78 is 30.9. The van der Waals surface area contributed by atoms with Gasteiger partial charge in [-0.15, -0.1) is 0 Å². The summed E-state index contributed by atoms with van der Waals surface area (Å²) >= 11 is 1.29. The summed E-state index contributed by atoms with van der Waals surface area (Å²) in [5.74, 6) is 1.13. The molecule has 0 aliphatic rings. The van der Waals surface area contributed by atoms with E-state index in [9.17, 15) is 8.42 Å². The summed E-state index contributed by atoms with van der Waals surface area (Å²) in [5.41, 5.74) is 6.59. The van der Waals surface area contributed by atoms with Crippen molar-refractivity contribution in [2.24, 2.45) is 10.7 Å². The fourth-order valence-corrected chi connectivity index (χ4v) is 2.49. The molecule has 0 saturated heterocycles. The second-order valence-electron chi connectivity index (χ2n) is 4.63. The first-order chi connectivity index (χ1) is 10.9. The van der Waals surface area contributed by atoms with E-state index >= 15 is 0 Å². The number of nitrogens with zero attached hydrogens (tertiary/aromatic N) is 1. The van der Waals surface area contributed by atoms with Gasteiger partial charge in [-0.2, -0.15) is 0 Å². The van der Waals surface area contributed by atoms with Gasteiger partial charge in [-0.1, -0.05) is 30.0 Å². The largest absolute Gasteiger partial charge is 0.455 e. The van der Waals surface area contributed by atoms with Crippen LogP contribution >= 0.6 is 11.8 Å². The molecule has 0 aliphatic carbocycles. The van der Waals surface area contributed by atoms with E-state index in [1.165, 1.54) is 11.8 Å². The number of hydrogen-bond donors (Lipinski definition) is 2. The number of hydrogen-bond acceptors (Lipinski definition) is 5. The number of para-hydroxylation sites is 1. The number of nitrogens with one attached hydrogen (secondary N) is 1. The van der Waals surface area contributed by atoms with Crippen LogP contribution in [0.5, 0.6) is 11.5 Å². The lowest BCUT2D eigenvalue weighted by Crippen LogP contribution is -2.09. The van der Waals surface area contributed by atoms with Crippen molar-refractivity contribution in [1.29, 1.82) is 0 Å². The number of ether oxygens (including phenoxy) is 1. The van der Waals surface area contributed by atoms with Gasteiger partial charge in [0.2, 0.25) is 10.0 Å². The molecule has 0 atom stereocenters. The number of thioether (sulfide) groups is 1. The highest BCUT2D eigenvalue weighted by atomic mass is 32.2. The zero-order chi connectivity index (χ0) is 16.9. The summed E-state index contributed by atoms with van der Waals surface area (Å²) in [4.78, 5) is 4.26. The van der Waals surface area contributed by atoms with Gasteiger partial charge in [0.25, 0.3) is 0 Å². The number of nitrogens with two attached hydrogens (primary N) is 1. The summed E-state index contributed by atoms with van der Waals surface area (Å²) in [6.45, 7) is 0. The van der Waals surface area contributed by atoms with Crippen molar-refractivity contribution in [1.82, 2.24) is 0 Å². The molecule has 8 heteroatoms. The van der Waals surface area contributed by atoms with Crippen LogP contribution in [0, 0.1) is 0 Å². The highest BCUT2D eigenvalue weighted by Crippen LogP contribution is 2.34. The van der Waals surface area contributed by atoms with Crippen LogP contribution in [0.15, 0.2) is 53.5 Å². The molecule has 0 fully saturated rings. The first-order valence-corrected chi connectivity index (χ1v) is 9.72. The number of amidine groups is 1. The average molecular weight is 351 g/mol. The van der Waals surface area contributed by atoms with E-state index in [2.05, 4.69) is 9.71 Å². The lowest BCUT2D eigenvalue weighted by molar-refractivity contribution is 0.484. The van der Waals surface area contributed by atoms with Crippen LogP contribution in [0.25, 0.3) is 0 Å². The fourth-order valence-electron chi connectivity index (χ4n) is 1.75. The van der Waals surface area contributed by atoms with Gasteiger partial charge in [0.1, 0.15) is 11.4 Å². The van der Waals surface area contributed by atoms with Gasteiger partial charge in [-0.3, -0.25) is 4.72 Å². The predicted octanol–water partition coefficient (Wildman–Crippen LogP) is 3.16. The molecule has 0 aliphatic heterocycles. The van der Waals surface area contributed by atoms with Crippen molar-refractivity contribution in [3.05, 3.63) is 48.5 Å². The van der Waals surface area contributed by atoms with E-state index in [-0.39, 0.29) is 0 Å². The summed E-state index contributed by atoms with van der Waals surface area (Å²) in [7, 11) is -3.38. The maximum Gasteiger partial charge on any atom is 0.229 e. The first-order valence-electron chi connectivity index (χ1n) is 6.60. The lowest BCUT2D eigenvalue weighted by atomic mass is 10.2. The molecule has 122 valence electrons. The van der Waals surface area contributed by atoms with E-state index in [1.807, 2.05) is 30.3 Å². The second-order valence-corrected chi connectivity index (χ2v) is 7.20. The van der Waals surface area contributed by atoms with Crippen LogP contribution in [0.2, 0.25) is 0 Å².